The molecular weight excluding hydrogens is 242 g/mol. The first-order valence-electron chi connectivity index (χ1n) is 5.81. The van der Waals surface area contributed by atoms with Gasteiger partial charge in [0.05, 0.1) is 5.69 Å². The predicted molar refractivity (Wildman–Crippen MR) is 77.5 cm³/mol. The molecule has 0 saturated carbocycles. The van der Waals surface area contributed by atoms with Crippen molar-refractivity contribution in [2.24, 2.45) is 5.84 Å². The second-order valence-electron chi connectivity index (χ2n) is 4.22. The lowest BCUT2D eigenvalue weighted by molar-refractivity contribution is 1.14. The van der Waals surface area contributed by atoms with E-state index in [2.05, 4.69) is 42.5 Å². The van der Waals surface area contributed by atoms with Crippen LogP contribution < -0.4 is 11.3 Å². The highest BCUT2D eigenvalue weighted by atomic mass is 32.2. The van der Waals surface area contributed by atoms with Crippen LogP contribution in [0.3, 0.4) is 0 Å². The Morgan fingerprint density at radius 2 is 2.06 bits per heavy atom. The average molecular weight is 259 g/mol. The van der Waals surface area contributed by atoms with Crippen LogP contribution in [0.5, 0.6) is 0 Å². The topological polar surface area (TPSA) is 50.9 Å². The number of nitrogens with zero attached hydrogens (tertiary/aromatic N) is 1. The van der Waals surface area contributed by atoms with E-state index in [1.165, 1.54) is 16.0 Å². The molecule has 2 rings (SSSR count). The molecule has 3 nitrogen and oxygen atoms in total. The van der Waals surface area contributed by atoms with E-state index in [0.29, 0.717) is 5.82 Å². The molecule has 0 atom stereocenters. The molecule has 94 valence electrons. The molecule has 0 unspecified atom stereocenters. The molecule has 0 aliphatic carbocycles. The van der Waals surface area contributed by atoms with Crippen molar-refractivity contribution >= 4 is 17.6 Å². The third-order valence-corrected chi connectivity index (χ3v) is 3.87. The van der Waals surface area contributed by atoms with Crippen LogP contribution in [0.4, 0.5) is 5.82 Å². The quantitative estimate of drug-likeness (QED) is 0.502. The number of hydrazine groups is 1. The smallest absolute Gasteiger partial charge is 0.140 e. The van der Waals surface area contributed by atoms with E-state index < -0.39 is 0 Å². The van der Waals surface area contributed by atoms with Gasteiger partial charge in [0.1, 0.15) is 5.82 Å². The van der Waals surface area contributed by atoms with Gasteiger partial charge in [-0.2, -0.15) is 0 Å². The number of pyridine rings is 1. The Bertz CT molecular complexity index is 540. The van der Waals surface area contributed by atoms with Gasteiger partial charge in [-0.25, -0.2) is 10.8 Å². The maximum atomic E-state index is 5.35. The fourth-order valence-electron chi connectivity index (χ4n) is 1.75. The normalized spacial score (nSPS) is 10.4. The molecule has 0 amide bonds. The molecule has 3 N–H and O–H groups in total. The largest absolute Gasteiger partial charge is 0.308 e. The molecule has 18 heavy (non-hydrogen) atoms. The molecule has 2 aromatic rings. The summed E-state index contributed by atoms with van der Waals surface area (Å²) in [6.45, 7) is 4.25. The van der Waals surface area contributed by atoms with Gasteiger partial charge in [-0.3, -0.25) is 0 Å². The highest BCUT2D eigenvalue weighted by Crippen LogP contribution is 2.26. The number of aromatic nitrogens is 1. The molecule has 0 spiro atoms. The lowest BCUT2D eigenvalue weighted by Crippen LogP contribution is -2.08. The Kier molecular flexibility index (Phi) is 4.23. The van der Waals surface area contributed by atoms with Gasteiger partial charge in [-0.05, 0) is 37.6 Å². The molecule has 4 heteroatoms. The molecule has 0 saturated heterocycles. The predicted octanol–water partition coefficient (Wildman–Crippen LogP) is 3.28. The minimum atomic E-state index is 0.703. The molecule has 1 aromatic carbocycles. The number of nitrogens with one attached hydrogen (secondary N) is 1. The Labute approximate surface area is 112 Å². The Balaban J connectivity index is 2.06. The van der Waals surface area contributed by atoms with E-state index in [4.69, 9.17) is 5.84 Å². The van der Waals surface area contributed by atoms with Gasteiger partial charge in [0.15, 0.2) is 0 Å². The zero-order valence-electron chi connectivity index (χ0n) is 10.6. The molecule has 1 heterocycles. The molecule has 0 aliphatic rings. The van der Waals surface area contributed by atoms with Crippen molar-refractivity contribution in [1.82, 2.24) is 4.98 Å². The molecule has 0 bridgehead atoms. The summed E-state index contributed by atoms with van der Waals surface area (Å²) >= 11 is 1.80. The van der Waals surface area contributed by atoms with Gasteiger partial charge in [-0.15, -0.1) is 11.8 Å². The Morgan fingerprint density at radius 3 is 2.78 bits per heavy atom. The molecule has 0 radical (unpaired) electrons. The third kappa shape index (κ3) is 3.24. The second kappa shape index (κ2) is 5.89. The van der Waals surface area contributed by atoms with Crippen molar-refractivity contribution in [2.45, 2.75) is 24.5 Å². The number of nitrogens with two attached hydrogens (primary N) is 1. The lowest BCUT2D eigenvalue weighted by Gasteiger charge is -2.07. The van der Waals surface area contributed by atoms with Gasteiger partial charge in [0.25, 0.3) is 0 Å². The van der Waals surface area contributed by atoms with Gasteiger partial charge in [0, 0.05) is 10.6 Å². The number of benzene rings is 1. The van der Waals surface area contributed by atoms with Crippen LogP contribution in [0.25, 0.3) is 0 Å². The van der Waals surface area contributed by atoms with Crippen molar-refractivity contribution < 1.29 is 0 Å². The first-order chi connectivity index (χ1) is 8.69. The molecule has 1 aromatic heterocycles. The van der Waals surface area contributed by atoms with Crippen LogP contribution in [0.1, 0.15) is 16.8 Å². The van der Waals surface area contributed by atoms with Crippen LogP contribution in [-0.4, -0.2) is 4.98 Å². The van der Waals surface area contributed by atoms with Crippen molar-refractivity contribution in [1.29, 1.82) is 0 Å². The number of hydrogen-bond donors (Lipinski definition) is 2. The van der Waals surface area contributed by atoms with Crippen LogP contribution in [-0.2, 0) is 5.75 Å². The van der Waals surface area contributed by atoms with Crippen LogP contribution in [0, 0.1) is 13.8 Å². The number of rotatable bonds is 4. The Hall–Kier alpha value is -1.52. The van der Waals surface area contributed by atoms with Crippen molar-refractivity contribution in [3.63, 3.8) is 0 Å². The van der Waals surface area contributed by atoms with Crippen molar-refractivity contribution in [3.05, 3.63) is 53.2 Å². The van der Waals surface area contributed by atoms with E-state index in [9.17, 15) is 0 Å². The number of thioether (sulfide) groups is 1. The van der Waals surface area contributed by atoms with Gasteiger partial charge in [-0.1, -0.05) is 23.8 Å². The summed E-state index contributed by atoms with van der Waals surface area (Å²) in [5, 5.41) is 0. The zero-order chi connectivity index (χ0) is 13.0. The summed E-state index contributed by atoms with van der Waals surface area (Å²) in [4.78, 5) is 5.70. The fraction of sp³-hybridized carbons (Fsp3) is 0.214. The minimum absolute atomic E-state index is 0.703. The maximum absolute atomic E-state index is 5.35. The third-order valence-electron chi connectivity index (χ3n) is 2.66. The summed E-state index contributed by atoms with van der Waals surface area (Å²) in [6, 6.07) is 12.3. The number of anilines is 1. The highest BCUT2D eigenvalue weighted by Gasteiger charge is 2.02. The van der Waals surface area contributed by atoms with Crippen molar-refractivity contribution in [3.8, 4) is 0 Å². The molecule has 0 fully saturated rings. The van der Waals surface area contributed by atoms with Crippen LogP contribution >= 0.6 is 11.8 Å². The lowest BCUT2D eigenvalue weighted by atomic mass is 10.2. The molecular formula is C14H17N3S. The monoisotopic (exact) mass is 259 g/mol. The van der Waals surface area contributed by atoms with Gasteiger partial charge < -0.3 is 5.43 Å². The summed E-state index contributed by atoms with van der Waals surface area (Å²) in [6.07, 6.45) is 0. The van der Waals surface area contributed by atoms with Gasteiger partial charge >= 0.3 is 0 Å². The summed E-state index contributed by atoms with van der Waals surface area (Å²) < 4.78 is 0. The average Bonchev–Trinajstić information content (AvgIpc) is 2.38. The number of hydrogen-bond acceptors (Lipinski definition) is 4. The van der Waals surface area contributed by atoms with Gasteiger partial charge in [0.2, 0.25) is 0 Å². The van der Waals surface area contributed by atoms with Crippen LogP contribution in [0.2, 0.25) is 0 Å². The van der Waals surface area contributed by atoms with Crippen LogP contribution in [0.15, 0.2) is 41.3 Å². The minimum Gasteiger partial charge on any atom is -0.308 e. The van der Waals surface area contributed by atoms with E-state index in [1.54, 1.807) is 11.8 Å². The first kappa shape index (κ1) is 12.9. The SMILES string of the molecule is Cc1ccc(SCc2cccc(NN)n2)c(C)c1. The zero-order valence-corrected chi connectivity index (χ0v) is 11.4. The van der Waals surface area contributed by atoms with E-state index >= 15 is 0 Å². The second-order valence-corrected chi connectivity index (χ2v) is 5.23. The fourth-order valence-corrected chi connectivity index (χ4v) is 2.67. The Morgan fingerprint density at radius 1 is 1.22 bits per heavy atom. The summed E-state index contributed by atoms with van der Waals surface area (Å²) in [5.74, 6) is 6.90. The van der Waals surface area contributed by atoms with E-state index in [-0.39, 0.29) is 0 Å². The standard InChI is InChI=1S/C14H17N3S/c1-10-6-7-13(11(2)8-10)18-9-12-4-3-5-14(16-12)17-15/h3-8H,9,15H2,1-2H3,(H,16,17). The van der Waals surface area contributed by atoms with E-state index in [1.807, 2.05) is 18.2 Å². The van der Waals surface area contributed by atoms with E-state index in [0.717, 1.165) is 11.4 Å². The number of nitrogen functional groups attached to an aromatic ring is 1. The van der Waals surface area contributed by atoms with Crippen molar-refractivity contribution in [2.75, 3.05) is 5.43 Å². The maximum Gasteiger partial charge on any atom is 0.140 e. The number of aryl methyl sites for hydroxylation is 2. The summed E-state index contributed by atoms with van der Waals surface area (Å²) in [5.41, 5.74) is 6.20. The highest BCUT2D eigenvalue weighted by molar-refractivity contribution is 7.98. The summed E-state index contributed by atoms with van der Waals surface area (Å²) in [7, 11) is 0. The molecule has 0 aliphatic heterocycles. The first-order valence-corrected chi connectivity index (χ1v) is 6.80.